The normalized spacial score (nSPS) is 25.6. The zero-order valence-corrected chi connectivity index (χ0v) is 21.0. The molecule has 5 N–H and O–H groups in total. The van der Waals surface area contributed by atoms with Crippen molar-refractivity contribution in [2.45, 2.75) is 36.6 Å². The Bertz CT molecular complexity index is 1350. The third-order valence-corrected chi connectivity index (χ3v) is 6.23. The van der Waals surface area contributed by atoms with Gasteiger partial charge >= 0.3 is 17.9 Å². The van der Waals surface area contributed by atoms with Gasteiger partial charge in [0.15, 0.2) is 23.0 Å². The van der Waals surface area contributed by atoms with E-state index in [4.69, 9.17) is 23.7 Å². The number of aliphatic carboxylic acids is 1. The van der Waals surface area contributed by atoms with Crippen molar-refractivity contribution in [3.05, 3.63) is 59.7 Å². The Morgan fingerprint density at radius 1 is 0.950 bits per heavy atom. The number of carboxylic acids is 1. The van der Waals surface area contributed by atoms with Crippen molar-refractivity contribution in [2.24, 2.45) is 0 Å². The number of aliphatic hydroxyl groups excluding tert-OH is 1. The van der Waals surface area contributed by atoms with E-state index in [-0.39, 0.29) is 23.0 Å². The van der Waals surface area contributed by atoms with Crippen LogP contribution in [0.15, 0.2) is 48.6 Å². The predicted molar refractivity (Wildman–Crippen MR) is 134 cm³/mol. The maximum atomic E-state index is 12.4. The van der Waals surface area contributed by atoms with Gasteiger partial charge in [0, 0.05) is 12.2 Å². The summed E-state index contributed by atoms with van der Waals surface area (Å²) in [7, 11) is 1.37. The number of phenols is 3. The summed E-state index contributed by atoms with van der Waals surface area (Å²) in [4.78, 5) is 36.6. The van der Waals surface area contributed by atoms with Crippen LogP contribution in [0.4, 0.5) is 0 Å². The number of carbonyl (C=O) groups is 3. The number of phenolic OH excluding ortho intramolecular Hbond substituents is 3. The molecule has 13 nitrogen and oxygen atoms in total. The highest BCUT2D eigenvalue weighted by molar-refractivity contribution is 5.88. The minimum Gasteiger partial charge on any atom is -0.504 e. The van der Waals surface area contributed by atoms with Gasteiger partial charge in [0.05, 0.1) is 13.5 Å². The first-order valence-corrected chi connectivity index (χ1v) is 11.9. The molecule has 2 aliphatic heterocycles. The number of hydrogen-bond donors (Lipinski definition) is 5. The number of benzene rings is 2. The second kappa shape index (κ2) is 11.7. The summed E-state index contributed by atoms with van der Waals surface area (Å²) in [6.07, 6.45) is -1.03. The number of aromatic hydroxyl groups is 3. The Kier molecular flexibility index (Phi) is 8.28. The number of methoxy groups -OCH3 is 1. The molecular formula is C27H26O13. The number of hydrogen-bond acceptors (Lipinski definition) is 12. The predicted octanol–water partition coefficient (Wildman–Crippen LogP) is 1.32. The fourth-order valence-corrected chi connectivity index (χ4v) is 4.22. The number of rotatable bonds is 9. The number of carbonyl (C=O) groups excluding carboxylic acids is 2. The van der Waals surface area contributed by atoms with Gasteiger partial charge in [-0.1, -0.05) is 12.1 Å². The van der Waals surface area contributed by atoms with Crippen molar-refractivity contribution < 1.29 is 63.6 Å². The highest BCUT2D eigenvalue weighted by Gasteiger charge is 2.63. The van der Waals surface area contributed by atoms with Gasteiger partial charge in [-0.05, 0) is 47.5 Å². The van der Waals surface area contributed by atoms with Crippen LogP contribution in [0.5, 0.6) is 23.0 Å². The molecule has 0 amide bonds. The summed E-state index contributed by atoms with van der Waals surface area (Å²) < 4.78 is 26.4. The van der Waals surface area contributed by atoms with Crippen LogP contribution in [-0.2, 0) is 33.3 Å². The van der Waals surface area contributed by atoms with E-state index in [1.807, 2.05) is 0 Å². The molecule has 2 aromatic rings. The van der Waals surface area contributed by atoms with Crippen LogP contribution in [0, 0.1) is 0 Å². The van der Waals surface area contributed by atoms with Gasteiger partial charge in [-0.3, -0.25) is 0 Å². The minimum absolute atomic E-state index is 0.0871. The van der Waals surface area contributed by atoms with Gasteiger partial charge < -0.3 is 49.2 Å². The maximum absolute atomic E-state index is 12.4. The van der Waals surface area contributed by atoms with E-state index >= 15 is 0 Å². The van der Waals surface area contributed by atoms with E-state index < -0.39 is 61.1 Å². The molecule has 0 spiro atoms. The summed E-state index contributed by atoms with van der Waals surface area (Å²) in [5.74, 6) is -6.07. The lowest BCUT2D eigenvalue weighted by Gasteiger charge is -2.35. The topological polar surface area (TPSA) is 199 Å². The second-order valence-corrected chi connectivity index (χ2v) is 8.94. The first-order chi connectivity index (χ1) is 19.0. The van der Waals surface area contributed by atoms with Crippen LogP contribution in [0.1, 0.15) is 17.5 Å². The zero-order valence-electron chi connectivity index (χ0n) is 21.0. The fourth-order valence-electron chi connectivity index (χ4n) is 4.22. The Hall–Kier alpha value is -4.59. The molecule has 0 saturated carbocycles. The molecule has 2 saturated heterocycles. The van der Waals surface area contributed by atoms with Crippen molar-refractivity contribution in [3.8, 4) is 23.0 Å². The molecule has 2 aliphatic rings. The molecule has 2 bridgehead atoms. The van der Waals surface area contributed by atoms with Crippen molar-refractivity contribution in [2.75, 3.05) is 13.7 Å². The lowest BCUT2D eigenvalue weighted by atomic mass is 9.95. The average Bonchev–Trinajstić information content (AvgIpc) is 3.26. The Morgan fingerprint density at radius 3 is 2.25 bits per heavy atom. The van der Waals surface area contributed by atoms with Crippen LogP contribution in [0.25, 0.3) is 12.2 Å². The van der Waals surface area contributed by atoms with Crippen LogP contribution in [-0.4, -0.2) is 87.4 Å². The van der Waals surface area contributed by atoms with Gasteiger partial charge in [0.25, 0.3) is 5.79 Å². The molecule has 13 heteroatoms. The quantitative estimate of drug-likeness (QED) is 0.168. The highest BCUT2D eigenvalue weighted by Crippen LogP contribution is 2.42. The molecule has 2 heterocycles. The summed E-state index contributed by atoms with van der Waals surface area (Å²) >= 11 is 0. The van der Waals surface area contributed by atoms with E-state index in [9.17, 15) is 39.9 Å². The summed E-state index contributed by atoms with van der Waals surface area (Å²) in [5.41, 5.74) is 0.898. The van der Waals surface area contributed by atoms with Gasteiger partial charge in [-0.2, -0.15) is 0 Å². The number of esters is 2. The van der Waals surface area contributed by atoms with Crippen LogP contribution in [0.3, 0.4) is 0 Å². The lowest BCUT2D eigenvalue weighted by Crippen LogP contribution is -2.55. The molecule has 40 heavy (non-hydrogen) atoms. The van der Waals surface area contributed by atoms with Gasteiger partial charge in [-0.25, -0.2) is 14.4 Å². The number of fused-ring (bicyclic) bond motifs is 2. The van der Waals surface area contributed by atoms with Gasteiger partial charge in [0.2, 0.25) is 0 Å². The molecule has 5 atom stereocenters. The Labute approximate surface area is 227 Å². The highest BCUT2D eigenvalue weighted by atomic mass is 16.8. The maximum Gasteiger partial charge on any atom is 0.364 e. The average molecular weight is 558 g/mol. The van der Waals surface area contributed by atoms with Crippen LogP contribution in [0.2, 0.25) is 0 Å². The van der Waals surface area contributed by atoms with Crippen molar-refractivity contribution in [1.29, 1.82) is 0 Å². The molecule has 0 aliphatic carbocycles. The fraction of sp³-hybridized carbons (Fsp3) is 0.296. The third-order valence-electron chi connectivity index (χ3n) is 6.23. The number of aliphatic hydroxyl groups is 1. The largest absolute Gasteiger partial charge is 0.504 e. The van der Waals surface area contributed by atoms with Gasteiger partial charge in [-0.15, -0.1) is 0 Å². The molecular weight excluding hydrogens is 532 g/mol. The standard InChI is InChI=1S/C27H26O13/c1-36-19-11-15(3-7-17(19)29)5-9-23(32)38-20-12-27(26(34)35)39-21(25(40-27)24(20)33)13-37-22(31)8-4-14-2-6-16(28)18(30)10-14/h2-11,20-21,24-25,28-30,33H,12-13H2,1H3,(H,34,35)/b8-4+,9-5+/t20-,21-,24-,25-,27+/m1/s1. The smallest absolute Gasteiger partial charge is 0.364 e. The van der Waals surface area contributed by atoms with E-state index in [1.54, 1.807) is 0 Å². The molecule has 0 unspecified atom stereocenters. The molecule has 2 fully saturated rings. The summed E-state index contributed by atoms with van der Waals surface area (Å²) in [5, 5.41) is 49.1. The SMILES string of the molecule is COc1cc(/C=C/C(=O)O[C@@H]2C[C@@]3(C(=O)O)O[C@@H]([C@@H]2O)[C@@H](COC(=O)/C=C/c2ccc(O)c(O)c2)O3)ccc1O. The first-order valence-electron chi connectivity index (χ1n) is 11.9. The first kappa shape index (κ1) is 28.4. The molecule has 0 radical (unpaired) electrons. The minimum atomic E-state index is -2.24. The zero-order chi connectivity index (χ0) is 29.0. The summed E-state index contributed by atoms with van der Waals surface area (Å²) in [6, 6.07) is 8.28. The third kappa shape index (κ3) is 6.17. The van der Waals surface area contributed by atoms with E-state index in [0.717, 1.165) is 12.2 Å². The number of ether oxygens (including phenoxy) is 5. The number of carboxylic acid groups (broad SMARTS) is 1. The molecule has 0 aromatic heterocycles. The van der Waals surface area contributed by atoms with Crippen molar-refractivity contribution in [3.63, 3.8) is 0 Å². The molecule has 2 aromatic carbocycles. The van der Waals surface area contributed by atoms with E-state index in [1.165, 1.54) is 55.7 Å². The van der Waals surface area contributed by atoms with Crippen LogP contribution >= 0.6 is 0 Å². The Balaban J connectivity index is 1.38. The Morgan fingerprint density at radius 2 is 1.60 bits per heavy atom. The lowest BCUT2D eigenvalue weighted by molar-refractivity contribution is -0.247. The van der Waals surface area contributed by atoms with Crippen molar-refractivity contribution >= 4 is 30.1 Å². The van der Waals surface area contributed by atoms with E-state index in [2.05, 4.69) is 0 Å². The van der Waals surface area contributed by atoms with Crippen molar-refractivity contribution in [1.82, 2.24) is 0 Å². The second-order valence-electron chi connectivity index (χ2n) is 8.94. The molecule has 4 rings (SSSR count). The van der Waals surface area contributed by atoms with Gasteiger partial charge in [0.1, 0.15) is 31.0 Å². The monoisotopic (exact) mass is 558 g/mol. The molecule has 212 valence electrons. The van der Waals surface area contributed by atoms with E-state index in [0.29, 0.717) is 11.1 Å². The summed E-state index contributed by atoms with van der Waals surface area (Å²) in [6.45, 7) is -0.482. The van der Waals surface area contributed by atoms with Crippen LogP contribution < -0.4 is 4.74 Å².